The van der Waals surface area contributed by atoms with E-state index in [4.69, 9.17) is 9.84 Å². The van der Waals surface area contributed by atoms with Gasteiger partial charge in [0.15, 0.2) is 0 Å². The van der Waals surface area contributed by atoms with Gasteiger partial charge in [0, 0.05) is 45.3 Å². The van der Waals surface area contributed by atoms with Crippen LogP contribution < -0.4 is 4.90 Å². The Morgan fingerprint density at radius 2 is 1.96 bits per heavy atom. The Balaban J connectivity index is 1.59. The zero-order valence-corrected chi connectivity index (χ0v) is 15.7. The normalized spacial score (nSPS) is 21.5. The van der Waals surface area contributed by atoms with Gasteiger partial charge in [0.1, 0.15) is 5.82 Å². The molecular weight excluding hydrogens is 328 g/mol. The van der Waals surface area contributed by atoms with Crippen LogP contribution in [-0.4, -0.2) is 52.6 Å². The average molecular weight is 356 g/mol. The lowest BCUT2D eigenvalue weighted by Gasteiger charge is -2.30. The summed E-state index contributed by atoms with van der Waals surface area (Å²) in [7, 11) is 2.03. The van der Waals surface area contributed by atoms with E-state index in [9.17, 15) is 5.11 Å². The number of aliphatic hydroxyl groups excluding tert-OH is 1. The Kier molecular flexibility index (Phi) is 4.98. The molecule has 2 aliphatic heterocycles. The van der Waals surface area contributed by atoms with Crippen LogP contribution in [0.2, 0.25) is 0 Å². The van der Waals surface area contributed by atoms with E-state index in [0.717, 1.165) is 63.6 Å². The van der Waals surface area contributed by atoms with Crippen LogP contribution in [0.4, 0.5) is 5.82 Å². The Morgan fingerprint density at radius 3 is 2.77 bits per heavy atom. The van der Waals surface area contributed by atoms with Crippen LogP contribution in [0.15, 0.2) is 24.3 Å². The molecule has 2 aromatic rings. The minimum Gasteiger partial charge on any atom is -0.388 e. The predicted molar refractivity (Wildman–Crippen MR) is 101 cm³/mol. The summed E-state index contributed by atoms with van der Waals surface area (Å²) in [5.74, 6) is 1.21. The summed E-state index contributed by atoms with van der Waals surface area (Å²) >= 11 is 0. The summed E-state index contributed by atoms with van der Waals surface area (Å²) in [4.78, 5) is 4.82. The number of rotatable bonds is 3. The van der Waals surface area contributed by atoms with Crippen LogP contribution in [0.1, 0.15) is 34.9 Å². The van der Waals surface area contributed by atoms with Crippen molar-refractivity contribution in [2.75, 3.05) is 37.7 Å². The van der Waals surface area contributed by atoms with Gasteiger partial charge in [-0.1, -0.05) is 24.3 Å². The van der Waals surface area contributed by atoms with Crippen molar-refractivity contribution in [2.45, 2.75) is 32.5 Å². The molecule has 0 radical (unpaired) electrons. The Labute approximate surface area is 155 Å². The van der Waals surface area contributed by atoms with E-state index in [2.05, 4.69) is 34.9 Å². The topological polar surface area (TPSA) is 53.8 Å². The summed E-state index contributed by atoms with van der Waals surface area (Å²) in [6.45, 7) is 8.06. The van der Waals surface area contributed by atoms with Gasteiger partial charge in [0.2, 0.25) is 0 Å². The van der Waals surface area contributed by atoms with E-state index in [1.165, 1.54) is 16.9 Å². The van der Waals surface area contributed by atoms with Gasteiger partial charge in [-0.15, -0.1) is 0 Å². The number of nitrogens with zero attached hydrogens (tertiary/aromatic N) is 4. The number of aryl methyl sites for hydroxylation is 2. The van der Waals surface area contributed by atoms with E-state index in [0.29, 0.717) is 0 Å². The quantitative estimate of drug-likeness (QED) is 0.912. The number of ether oxygens (including phenoxy) is 1. The molecule has 0 amide bonds. The average Bonchev–Trinajstić information content (AvgIpc) is 2.83. The number of hydrogen-bond donors (Lipinski definition) is 1. The number of morpholine rings is 1. The number of fused-ring (bicyclic) bond motifs is 1. The lowest BCUT2D eigenvalue weighted by Crippen LogP contribution is -2.38. The predicted octanol–water partition coefficient (Wildman–Crippen LogP) is 2.00. The molecule has 1 unspecified atom stereocenters. The lowest BCUT2D eigenvalue weighted by molar-refractivity contribution is 0.121. The summed E-state index contributed by atoms with van der Waals surface area (Å²) in [6.07, 6.45) is 0.397. The van der Waals surface area contributed by atoms with Gasteiger partial charge < -0.3 is 14.7 Å². The smallest absolute Gasteiger partial charge is 0.131 e. The van der Waals surface area contributed by atoms with Crippen LogP contribution in [0, 0.1) is 6.92 Å². The van der Waals surface area contributed by atoms with Gasteiger partial charge in [0.25, 0.3) is 0 Å². The van der Waals surface area contributed by atoms with Crippen molar-refractivity contribution >= 4 is 5.82 Å². The SMILES string of the molecule is Cc1nn(C)c(N2CCOCC2)c1CN1CCC(O)c2ccccc2C1. The van der Waals surface area contributed by atoms with E-state index in [-0.39, 0.29) is 6.10 Å². The molecule has 3 heterocycles. The monoisotopic (exact) mass is 356 g/mol. The summed E-state index contributed by atoms with van der Waals surface area (Å²) < 4.78 is 7.53. The fourth-order valence-electron chi connectivity index (χ4n) is 4.19. The molecule has 0 saturated carbocycles. The van der Waals surface area contributed by atoms with Crippen LogP contribution in [-0.2, 0) is 24.9 Å². The molecule has 0 bridgehead atoms. The molecule has 1 saturated heterocycles. The first-order valence-corrected chi connectivity index (χ1v) is 9.47. The first-order chi connectivity index (χ1) is 12.6. The molecule has 6 heteroatoms. The second-order valence-electron chi connectivity index (χ2n) is 7.32. The first-order valence-electron chi connectivity index (χ1n) is 9.47. The molecule has 1 atom stereocenters. The van der Waals surface area contributed by atoms with E-state index in [1.807, 2.05) is 17.8 Å². The zero-order valence-electron chi connectivity index (χ0n) is 15.7. The molecule has 1 aromatic carbocycles. The number of aliphatic hydroxyl groups is 1. The number of benzene rings is 1. The van der Waals surface area contributed by atoms with Gasteiger partial charge in [-0.2, -0.15) is 5.10 Å². The van der Waals surface area contributed by atoms with E-state index >= 15 is 0 Å². The molecule has 4 rings (SSSR count). The Morgan fingerprint density at radius 1 is 1.19 bits per heavy atom. The Hall–Kier alpha value is -1.89. The fraction of sp³-hybridized carbons (Fsp3) is 0.550. The van der Waals surface area contributed by atoms with Crippen LogP contribution in [0.25, 0.3) is 0 Å². The molecule has 140 valence electrons. The largest absolute Gasteiger partial charge is 0.388 e. The molecule has 6 nitrogen and oxygen atoms in total. The zero-order chi connectivity index (χ0) is 18.1. The van der Waals surface area contributed by atoms with Crippen molar-refractivity contribution in [1.29, 1.82) is 0 Å². The third-order valence-electron chi connectivity index (χ3n) is 5.53. The minimum atomic E-state index is -0.370. The highest BCUT2D eigenvalue weighted by Gasteiger charge is 2.25. The molecule has 1 aromatic heterocycles. The third-order valence-corrected chi connectivity index (χ3v) is 5.53. The van der Waals surface area contributed by atoms with Crippen LogP contribution in [0.5, 0.6) is 0 Å². The van der Waals surface area contributed by atoms with Gasteiger partial charge in [0.05, 0.1) is 25.0 Å². The molecule has 0 aliphatic carbocycles. The van der Waals surface area contributed by atoms with Gasteiger partial charge in [-0.3, -0.25) is 9.58 Å². The van der Waals surface area contributed by atoms with Crippen molar-refractivity contribution in [3.05, 3.63) is 46.6 Å². The maximum Gasteiger partial charge on any atom is 0.131 e. The summed E-state index contributed by atoms with van der Waals surface area (Å²) in [5.41, 5.74) is 4.69. The molecule has 1 fully saturated rings. The van der Waals surface area contributed by atoms with E-state index in [1.54, 1.807) is 0 Å². The molecule has 2 aliphatic rings. The van der Waals surface area contributed by atoms with Crippen molar-refractivity contribution in [3.63, 3.8) is 0 Å². The van der Waals surface area contributed by atoms with Crippen LogP contribution in [0.3, 0.4) is 0 Å². The summed E-state index contributed by atoms with van der Waals surface area (Å²) in [6, 6.07) is 8.26. The molecule has 0 spiro atoms. The third kappa shape index (κ3) is 3.37. The van der Waals surface area contributed by atoms with Gasteiger partial charge in [-0.05, 0) is 24.5 Å². The van der Waals surface area contributed by atoms with Crippen LogP contribution >= 0.6 is 0 Å². The fourth-order valence-corrected chi connectivity index (χ4v) is 4.19. The highest BCUT2D eigenvalue weighted by Crippen LogP contribution is 2.30. The maximum atomic E-state index is 10.5. The number of anilines is 1. The highest BCUT2D eigenvalue weighted by molar-refractivity contribution is 5.50. The number of aromatic nitrogens is 2. The highest BCUT2D eigenvalue weighted by atomic mass is 16.5. The Bertz CT molecular complexity index is 767. The molecular formula is C20H28N4O2. The second-order valence-corrected chi connectivity index (χ2v) is 7.32. The molecule has 1 N–H and O–H groups in total. The van der Waals surface area contributed by atoms with Crippen molar-refractivity contribution in [3.8, 4) is 0 Å². The maximum absolute atomic E-state index is 10.5. The second kappa shape index (κ2) is 7.39. The van der Waals surface area contributed by atoms with Crippen molar-refractivity contribution in [2.24, 2.45) is 7.05 Å². The van der Waals surface area contributed by atoms with E-state index < -0.39 is 0 Å². The first kappa shape index (κ1) is 17.5. The van der Waals surface area contributed by atoms with Crippen molar-refractivity contribution < 1.29 is 9.84 Å². The standard InChI is InChI=1S/C20H28N4O2/c1-15-18(20(22(2)21-15)24-9-11-26-12-10-24)14-23-8-7-19(25)17-6-4-3-5-16(17)13-23/h3-6,19,25H,7-14H2,1-2H3. The number of hydrogen-bond acceptors (Lipinski definition) is 5. The lowest BCUT2D eigenvalue weighted by atomic mass is 10.0. The van der Waals surface area contributed by atoms with Gasteiger partial charge >= 0.3 is 0 Å². The minimum absolute atomic E-state index is 0.370. The van der Waals surface area contributed by atoms with Gasteiger partial charge in [-0.25, -0.2) is 0 Å². The van der Waals surface area contributed by atoms with Crippen molar-refractivity contribution in [1.82, 2.24) is 14.7 Å². The molecule has 26 heavy (non-hydrogen) atoms. The summed E-state index contributed by atoms with van der Waals surface area (Å²) in [5, 5.41) is 15.2.